The molecule has 0 aliphatic carbocycles. The highest BCUT2D eigenvalue weighted by molar-refractivity contribution is 9.09. The van der Waals surface area contributed by atoms with Crippen molar-refractivity contribution in [2.45, 2.75) is 65.1 Å². The summed E-state index contributed by atoms with van der Waals surface area (Å²) < 4.78 is 6.03. The van der Waals surface area contributed by atoms with Gasteiger partial charge in [-0.25, -0.2) is 0 Å². The summed E-state index contributed by atoms with van der Waals surface area (Å²) in [6, 6.07) is 0. The zero-order valence-corrected chi connectivity index (χ0v) is 11.5. The van der Waals surface area contributed by atoms with Gasteiger partial charge in [-0.2, -0.15) is 0 Å². The molecule has 0 aromatic rings. The smallest absolute Gasteiger partial charge is 0.0631 e. The first kappa shape index (κ1) is 12.5. The highest BCUT2D eigenvalue weighted by Gasteiger charge is 2.35. The maximum Gasteiger partial charge on any atom is 0.0631 e. The minimum atomic E-state index is 0.117. The molecule has 1 aliphatic rings. The van der Waals surface area contributed by atoms with Crippen molar-refractivity contribution in [2.75, 3.05) is 5.33 Å². The van der Waals surface area contributed by atoms with Crippen molar-refractivity contribution in [2.24, 2.45) is 5.41 Å². The van der Waals surface area contributed by atoms with Gasteiger partial charge < -0.3 is 4.74 Å². The van der Waals surface area contributed by atoms with Crippen LogP contribution in [0.3, 0.4) is 0 Å². The van der Waals surface area contributed by atoms with Crippen LogP contribution in [0.4, 0.5) is 0 Å². The molecule has 1 rings (SSSR count). The van der Waals surface area contributed by atoms with Gasteiger partial charge in [0, 0.05) is 5.33 Å². The number of alkyl halides is 1. The lowest BCUT2D eigenvalue weighted by molar-refractivity contribution is -0.0315. The lowest BCUT2D eigenvalue weighted by Crippen LogP contribution is -2.27. The van der Waals surface area contributed by atoms with E-state index < -0.39 is 0 Å². The number of rotatable bonds is 4. The molecular formula is C12H23BrO. The van der Waals surface area contributed by atoms with E-state index in [4.69, 9.17) is 4.74 Å². The Balaban J connectivity index is 2.46. The molecule has 0 aromatic heterocycles. The monoisotopic (exact) mass is 262 g/mol. The second-order valence-electron chi connectivity index (χ2n) is 5.54. The molecule has 14 heavy (non-hydrogen) atoms. The molecule has 0 N–H and O–H groups in total. The highest BCUT2D eigenvalue weighted by Crippen LogP contribution is 2.38. The summed E-state index contributed by atoms with van der Waals surface area (Å²) in [5.74, 6) is 0. The van der Waals surface area contributed by atoms with Gasteiger partial charge in [0.15, 0.2) is 0 Å². The molecule has 84 valence electrons. The van der Waals surface area contributed by atoms with Crippen molar-refractivity contribution in [3.8, 4) is 0 Å². The summed E-state index contributed by atoms with van der Waals surface area (Å²) in [5, 5.41) is 1.08. The Morgan fingerprint density at radius 1 is 1.50 bits per heavy atom. The van der Waals surface area contributed by atoms with Crippen molar-refractivity contribution in [3.05, 3.63) is 0 Å². The molecule has 1 heterocycles. The second-order valence-corrected chi connectivity index (χ2v) is 6.10. The summed E-state index contributed by atoms with van der Waals surface area (Å²) in [5.41, 5.74) is 0.525. The lowest BCUT2D eigenvalue weighted by Gasteiger charge is -2.29. The molecule has 1 fully saturated rings. The first-order valence-electron chi connectivity index (χ1n) is 5.64. The fourth-order valence-corrected chi connectivity index (χ4v) is 2.69. The summed E-state index contributed by atoms with van der Waals surface area (Å²) in [7, 11) is 0. The van der Waals surface area contributed by atoms with E-state index in [0.29, 0.717) is 11.5 Å². The van der Waals surface area contributed by atoms with Gasteiger partial charge in [0.1, 0.15) is 0 Å². The molecular weight excluding hydrogens is 240 g/mol. The Bertz CT molecular complexity index is 185. The van der Waals surface area contributed by atoms with Gasteiger partial charge in [-0.1, -0.05) is 29.8 Å². The van der Waals surface area contributed by atoms with Gasteiger partial charge >= 0.3 is 0 Å². The van der Waals surface area contributed by atoms with Crippen LogP contribution in [0.15, 0.2) is 0 Å². The van der Waals surface area contributed by atoms with Crippen molar-refractivity contribution in [3.63, 3.8) is 0 Å². The molecule has 0 amide bonds. The lowest BCUT2D eigenvalue weighted by atomic mass is 9.83. The largest absolute Gasteiger partial charge is 0.372 e. The van der Waals surface area contributed by atoms with Crippen LogP contribution in [-0.4, -0.2) is 17.0 Å². The van der Waals surface area contributed by atoms with Crippen LogP contribution in [0.2, 0.25) is 0 Å². The van der Waals surface area contributed by atoms with E-state index in [0.717, 1.165) is 5.33 Å². The van der Waals surface area contributed by atoms with Gasteiger partial charge in [-0.05, 0) is 44.9 Å². The third-order valence-electron chi connectivity index (χ3n) is 3.45. The average molecular weight is 263 g/mol. The summed E-state index contributed by atoms with van der Waals surface area (Å²) in [4.78, 5) is 0. The Labute approximate surface area is 96.7 Å². The van der Waals surface area contributed by atoms with E-state index in [-0.39, 0.29) is 5.60 Å². The maximum absolute atomic E-state index is 6.03. The maximum atomic E-state index is 6.03. The zero-order chi connectivity index (χ0) is 10.8. The first-order chi connectivity index (χ1) is 6.41. The minimum Gasteiger partial charge on any atom is -0.372 e. The van der Waals surface area contributed by atoms with E-state index in [2.05, 4.69) is 43.6 Å². The topological polar surface area (TPSA) is 9.23 Å². The molecule has 2 atom stereocenters. The normalized spacial score (nSPS) is 30.2. The van der Waals surface area contributed by atoms with Crippen LogP contribution in [0, 0.1) is 5.41 Å². The van der Waals surface area contributed by atoms with Crippen molar-refractivity contribution < 1.29 is 4.74 Å². The summed E-state index contributed by atoms with van der Waals surface area (Å²) in [6.07, 6.45) is 5.33. The first-order valence-corrected chi connectivity index (χ1v) is 6.77. The van der Waals surface area contributed by atoms with Gasteiger partial charge in [0.2, 0.25) is 0 Å². The fourth-order valence-electron chi connectivity index (χ4n) is 2.06. The summed E-state index contributed by atoms with van der Waals surface area (Å²) >= 11 is 3.61. The zero-order valence-electron chi connectivity index (χ0n) is 9.90. The van der Waals surface area contributed by atoms with Crippen molar-refractivity contribution in [1.29, 1.82) is 0 Å². The molecule has 1 saturated heterocycles. The predicted octanol–water partition coefficient (Wildman–Crippen LogP) is 4.15. The van der Waals surface area contributed by atoms with Crippen molar-refractivity contribution >= 4 is 15.9 Å². The van der Waals surface area contributed by atoms with Gasteiger partial charge in [-0.3, -0.25) is 0 Å². The molecule has 0 saturated carbocycles. The quantitative estimate of drug-likeness (QED) is 0.692. The van der Waals surface area contributed by atoms with E-state index in [1.165, 1.54) is 25.7 Å². The van der Waals surface area contributed by atoms with Gasteiger partial charge in [0.25, 0.3) is 0 Å². The number of halogens is 1. The van der Waals surface area contributed by atoms with Crippen LogP contribution in [0.1, 0.15) is 53.4 Å². The number of ether oxygens (including phenoxy) is 1. The Kier molecular flexibility index (Phi) is 4.04. The number of hydrogen-bond donors (Lipinski definition) is 0. The average Bonchev–Trinajstić information content (AvgIpc) is 2.45. The molecule has 2 unspecified atom stereocenters. The number of hydrogen-bond acceptors (Lipinski definition) is 1. The van der Waals surface area contributed by atoms with Gasteiger partial charge in [-0.15, -0.1) is 0 Å². The Morgan fingerprint density at radius 3 is 2.50 bits per heavy atom. The van der Waals surface area contributed by atoms with E-state index in [1.54, 1.807) is 0 Å². The van der Waals surface area contributed by atoms with E-state index in [1.807, 2.05) is 0 Å². The molecule has 0 bridgehead atoms. The Morgan fingerprint density at radius 2 is 2.14 bits per heavy atom. The molecule has 0 aromatic carbocycles. The van der Waals surface area contributed by atoms with Crippen LogP contribution in [0.5, 0.6) is 0 Å². The van der Waals surface area contributed by atoms with E-state index >= 15 is 0 Å². The van der Waals surface area contributed by atoms with Crippen molar-refractivity contribution in [1.82, 2.24) is 0 Å². The molecule has 0 radical (unpaired) electrons. The minimum absolute atomic E-state index is 0.117. The second kappa shape index (κ2) is 4.52. The third kappa shape index (κ3) is 3.23. The summed E-state index contributed by atoms with van der Waals surface area (Å²) in [6.45, 7) is 9.01. The molecule has 1 nitrogen and oxygen atoms in total. The van der Waals surface area contributed by atoms with Crippen LogP contribution < -0.4 is 0 Å². The van der Waals surface area contributed by atoms with Crippen LogP contribution >= 0.6 is 15.9 Å². The third-order valence-corrected chi connectivity index (χ3v) is 4.80. The standard InChI is InChI=1S/C12H23BrO/c1-5-12(4,9-13)8-10-6-7-11(2,3)14-10/h10H,5-9H2,1-4H3. The Hall–Kier alpha value is 0.440. The highest BCUT2D eigenvalue weighted by atomic mass is 79.9. The fraction of sp³-hybridized carbons (Fsp3) is 1.00. The SMILES string of the molecule is CCC(C)(CBr)CC1CCC(C)(C)O1. The van der Waals surface area contributed by atoms with Crippen LogP contribution in [0.25, 0.3) is 0 Å². The van der Waals surface area contributed by atoms with Gasteiger partial charge in [0.05, 0.1) is 11.7 Å². The van der Waals surface area contributed by atoms with E-state index in [9.17, 15) is 0 Å². The van der Waals surface area contributed by atoms with Crippen LogP contribution in [-0.2, 0) is 4.74 Å². The predicted molar refractivity (Wildman–Crippen MR) is 65.0 cm³/mol. The molecule has 2 heteroatoms. The molecule has 0 spiro atoms. The molecule has 1 aliphatic heterocycles.